The van der Waals surface area contributed by atoms with E-state index in [0.717, 1.165) is 45.2 Å². The van der Waals surface area contributed by atoms with Crippen molar-refractivity contribution in [2.24, 2.45) is 0 Å². The van der Waals surface area contributed by atoms with Crippen LogP contribution in [-0.4, -0.2) is 9.55 Å². The molecular formula is C37H25N3. The highest BCUT2D eigenvalue weighted by molar-refractivity contribution is 6.03. The van der Waals surface area contributed by atoms with Crippen molar-refractivity contribution in [2.45, 2.75) is 0 Å². The molecule has 8 rings (SSSR count). The first-order valence-electron chi connectivity index (χ1n) is 13.6. The highest BCUT2D eigenvalue weighted by Crippen LogP contribution is 2.48. The van der Waals surface area contributed by atoms with Gasteiger partial charge < -0.3 is 4.90 Å². The first kappa shape index (κ1) is 22.6. The van der Waals surface area contributed by atoms with Crippen molar-refractivity contribution < 1.29 is 0 Å². The maximum atomic E-state index is 5.29. The third-order valence-corrected chi connectivity index (χ3v) is 7.68. The fourth-order valence-electron chi connectivity index (χ4n) is 5.90. The minimum absolute atomic E-state index is 0.942. The average molecular weight is 512 g/mol. The van der Waals surface area contributed by atoms with Crippen LogP contribution in [0.3, 0.4) is 0 Å². The predicted octanol–water partition coefficient (Wildman–Crippen LogP) is 9.81. The number of benzene rings is 6. The van der Waals surface area contributed by atoms with Crippen LogP contribution < -0.4 is 4.90 Å². The lowest BCUT2D eigenvalue weighted by molar-refractivity contribution is 1.06. The molecular weight excluding hydrogens is 486 g/mol. The van der Waals surface area contributed by atoms with Crippen molar-refractivity contribution in [3.8, 4) is 39.3 Å². The van der Waals surface area contributed by atoms with Gasteiger partial charge in [0.2, 0.25) is 0 Å². The van der Waals surface area contributed by atoms with Crippen molar-refractivity contribution >= 4 is 28.1 Å². The van der Waals surface area contributed by atoms with Gasteiger partial charge in [-0.2, -0.15) is 0 Å². The molecule has 40 heavy (non-hydrogen) atoms. The van der Waals surface area contributed by atoms with E-state index < -0.39 is 0 Å². The van der Waals surface area contributed by atoms with E-state index in [-0.39, 0.29) is 0 Å². The maximum Gasteiger partial charge on any atom is 0.145 e. The molecule has 2 heterocycles. The summed E-state index contributed by atoms with van der Waals surface area (Å²) in [5.74, 6) is 0.942. The summed E-state index contributed by atoms with van der Waals surface area (Å²) in [6.45, 7) is 0. The molecule has 188 valence electrons. The summed E-state index contributed by atoms with van der Waals surface area (Å²) < 4.78 is 2.35. The molecule has 0 aliphatic carbocycles. The third-order valence-electron chi connectivity index (χ3n) is 7.68. The number of imidazole rings is 1. The van der Waals surface area contributed by atoms with Crippen LogP contribution in [0, 0.1) is 0 Å². The Balaban J connectivity index is 1.43. The summed E-state index contributed by atoms with van der Waals surface area (Å²) >= 11 is 0. The minimum Gasteiger partial charge on any atom is -0.306 e. The number of hydrogen-bond donors (Lipinski definition) is 0. The first-order chi connectivity index (χ1) is 19.8. The van der Waals surface area contributed by atoms with E-state index in [0.29, 0.717) is 0 Å². The zero-order chi connectivity index (χ0) is 26.5. The first-order valence-corrected chi connectivity index (χ1v) is 13.6. The number of hydrogen-bond acceptors (Lipinski definition) is 2. The monoisotopic (exact) mass is 511 g/mol. The van der Waals surface area contributed by atoms with Crippen LogP contribution in [0.5, 0.6) is 0 Å². The van der Waals surface area contributed by atoms with Crippen LogP contribution in [0.15, 0.2) is 152 Å². The van der Waals surface area contributed by atoms with Gasteiger partial charge >= 0.3 is 0 Å². The van der Waals surface area contributed by atoms with E-state index in [1.807, 2.05) is 0 Å². The SMILES string of the molecule is c1ccc(-c2cc(-c3ccccc3)cc(-c3nc4cccc5c4n3-c3ccccc3N5c3ccccc3)c2)cc1. The van der Waals surface area contributed by atoms with Gasteiger partial charge in [-0.25, -0.2) is 4.98 Å². The number of para-hydroxylation sites is 4. The van der Waals surface area contributed by atoms with Gasteiger partial charge in [0.05, 0.1) is 28.1 Å². The molecule has 0 saturated carbocycles. The molecule has 1 aromatic heterocycles. The fraction of sp³-hybridized carbons (Fsp3) is 0. The van der Waals surface area contributed by atoms with Gasteiger partial charge in [-0.1, -0.05) is 97.1 Å². The standard InChI is InChI=1S/C37H25N3/c1-4-13-26(14-5-1)28-23-29(27-15-6-2-7-16-27)25-30(24-28)37-38-32-19-12-22-35-36(32)40(37)34-21-11-10-20-33(34)39(35)31-17-8-3-9-18-31/h1-25H. The largest absolute Gasteiger partial charge is 0.306 e. The topological polar surface area (TPSA) is 21.1 Å². The van der Waals surface area contributed by atoms with Gasteiger partial charge in [-0.15, -0.1) is 0 Å². The third kappa shape index (κ3) is 3.56. The van der Waals surface area contributed by atoms with Crippen LogP contribution in [0.25, 0.3) is 50.4 Å². The predicted molar refractivity (Wildman–Crippen MR) is 166 cm³/mol. The number of nitrogens with zero attached hydrogens (tertiary/aromatic N) is 3. The Kier molecular flexibility index (Phi) is 5.14. The van der Waals surface area contributed by atoms with Crippen LogP contribution in [0.1, 0.15) is 0 Å². The second-order valence-electron chi connectivity index (χ2n) is 10.1. The van der Waals surface area contributed by atoms with Crippen molar-refractivity contribution in [1.29, 1.82) is 0 Å². The lowest BCUT2D eigenvalue weighted by Crippen LogP contribution is -2.18. The van der Waals surface area contributed by atoms with E-state index in [2.05, 4.69) is 161 Å². The number of fused-ring (bicyclic) bond motifs is 2. The van der Waals surface area contributed by atoms with Crippen LogP contribution in [-0.2, 0) is 0 Å². The molecule has 0 bridgehead atoms. The van der Waals surface area contributed by atoms with Gasteiger partial charge in [-0.3, -0.25) is 4.57 Å². The lowest BCUT2D eigenvalue weighted by atomic mass is 9.95. The molecule has 3 heteroatoms. The fourth-order valence-corrected chi connectivity index (χ4v) is 5.90. The summed E-state index contributed by atoms with van der Waals surface area (Å²) in [4.78, 5) is 7.63. The van der Waals surface area contributed by atoms with Crippen molar-refractivity contribution in [3.63, 3.8) is 0 Å². The normalized spacial score (nSPS) is 11.9. The molecule has 1 aliphatic heterocycles. The molecule has 0 spiro atoms. The summed E-state index contributed by atoms with van der Waals surface area (Å²) in [6, 6.07) is 53.7. The average Bonchev–Trinajstić information content (AvgIpc) is 3.43. The number of aromatic nitrogens is 2. The maximum absolute atomic E-state index is 5.29. The zero-order valence-corrected chi connectivity index (χ0v) is 21.8. The number of anilines is 3. The smallest absolute Gasteiger partial charge is 0.145 e. The van der Waals surface area contributed by atoms with E-state index in [1.54, 1.807) is 0 Å². The summed E-state index contributed by atoms with van der Waals surface area (Å²) in [6.07, 6.45) is 0. The quantitative estimate of drug-likeness (QED) is 0.234. The summed E-state index contributed by atoms with van der Waals surface area (Å²) in [7, 11) is 0. The highest BCUT2D eigenvalue weighted by Gasteiger charge is 2.29. The van der Waals surface area contributed by atoms with E-state index in [9.17, 15) is 0 Å². The Hall–Kier alpha value is -5.41. The lowest BCUT2D eigenvalue weighted by Gasteiger charge is -2.32. The molecule has 1 aliphatic rings. The summed E-state index contributed by atoms with van der Waals surface area (Å²) in [5.41, 5.74) is 12.4. The van der Waals surface area contributed by atoms with E-state index >= 15 is 0 Å². The Labute approximate surface area is 233 Å². The molecule has 3 nitrogen and oxygen atoms in total. The molecule has 0 unspecified atom stereocenters. The van der Waals surface area contributed by atoms with Gasteiger partial charge in [0.15, 0.2) is 0 Å². The van der Waals surface area contributed by atoms with Gasteiger partial charge in [-0.05, 0) is 76.9 Å². The minimum atomic E-state index is 0.942. The molecule has 0 amide bonds. The molecule has 0 N–H and O–H groups in total. The molecule has 6 aromatic carbocycles. The highest BCUT2D eigenvalue weighted by atomic mass is 15.2. The van der Waals surface area contributed by atoms with Crippen LogP contribution in [0.2, 0.25) is 0 Å². The van der Waals surface area contributed by atoms with Crippen molar-refractivity contribution in [3.05, 3.63) is 152 Å². The van der Waals surface area contributed by atoms with E-state index in [1.165, 1.54) is 22.3 Å². The second kappa shape index (κ2) is 9.11. The molecule has 0 radical (unpaired) electrons. The Morgan fingerprint density at radius 2 is 0.925 bits per heavy atom. The van der Waals surface area contributed by atoms with Crippen LogP contribution in [0.4, 0.5) is 17.1 Å². The number of rotatable bonds is 4. The van der Waals surface area contributed by atoms with Crippen LogP contribution >= 0.6 is 0 Å². The van der Waals surface area contributed by atoms with Gasteiger partial charge in [0.25, 0.3) is 0 Å². The van der Waals surface area contributed by atoms with E-state index in [4.69, 9.17) is 4.98 Å². The second-order valence-corrected chi connectivity index (χ2v) is 10.1. The molecule has 0 fully saturated rings. The zero-order valence-electron chi connectivity index (χ0n) is 21.8. The Morgan fingerprint density at radius 1 is 0.400 bits per heavy atom. The molecule has 7 aromatic rings. The Morgan fingerprint density at radius 3 is 1.57 bits per heavy atom. The molecule has 0 saturated heterocycles. The summed E-state index contributed by atoms with van der Waals surface area (Å²) in [5, 5.41) is 0. The van der Waals surface area contributed by atoms with Crippen molar-refractivity contribution in [1.82, 2.24) is 9.55 Å². The molecule has 0 atom stereocenters. The Bertz CT molecular complexity index is 1930. The van der Waals surface area contributed by atoms with Crippen molar-refractivity contribution in [2.75, 3.05) is 4.90 Å². The van der Waals surface area contributed by atoms with Gasteiger partial charge in [0.1, 0.15) is 5.82 Å². The van der Waals surface area contributed by atoms with Gasteiger partial charge in [0, 0.05) is 11.3 Å².